The Morgan fingerprint density at radius 3 is 2.24 bits per heavy atom. The highest BCUT2D eigenvalue weighted by Gasteiger charge is 2.47. The summed E-state index contributed by atoms with van der Waals surface area (Å²) in [6, 6.07) is 19.2. The average molecular weight is 500 g/mol. The second kappa shape index (κ2) is 10.1. The molecule has 1 aliphatic heterocycles. The van der Waals surface area contributed by atoms with Gasteiger partial charge in [0.2, 0.25) is 0 Å². The lowest BCUT2D eigenvalue weighted by molar-refractivity contribution is -0.132. The highest BCUT2D eigenvalue weighted by atomic mass is 16.5. The number of aliphatic hydroxyl groups is 1. The first-order valence-electron chi connectivity index (χ1n) is 12.3. The lowest BCUT2D eigenvalue weighted by Crippen LogP contribution is -2.29. The molecule has 0 radical (unpaired) electrons. The van der Waals surface area contributed by atoms with Crippen molar-refractivity contribution >= 4 is 23.1 Å². The van der Waals surface area contributed by atoms with Crippen LogP contribution in [-0.4, -0.2) is 31.0 Å². The van der Waals surface area contributed by atoms with Crippen molar-refractivity contribution in [1.29, 1.82) is 0 Å². The monoisotopic (exact) mass is 499 g/mol. The minimum Gasteiger partial charge on any atom is -0.507 e. The number of ketones is 1. The Kier molecular flexibility index (Phi) is 7.12. The third kappa shape index (κ3) is 4.84. The van der Waals surface area contributed by atoms with E-state index >= 15 is 0 Å². The second-order valence-electron chi connectivity index (χ2n) is 10.1. The molecule has 0 aliphatic carbocycles. The third-order valence-electron chi connectivity index (χ3n) is 6.76. The van der Waals surface area contributed by atoms with Gasteiger partial charge in [0.1, 0.15) is 17.3 Å². The van der Waals surface area contributed by atoms with Crippen LogP contribution in [0, 0.1) is 0 Å². The van der Waals surface area contributed by atoms with Gasteiger partial charge >= 0.3 is 0 Å². The van der Waals surface area contributed by atoms with Crippen LogP contribution in [0.2, 0.25) is 0 Å². The smallest absolute Gasteiger partial charge is 0.300 e. The number of hydrogen-bond acceptors (Lipinski definition) is 5. The van der Waals surface area contributed by atoms with E-state index in [9.17, 15) is 14.7 Å². The number of benzene rings is 3. The van der Waals surface area contributed by atoms with Crippen LogP contribution in [-0.2, 0) is 21.4 Å². The number of anilines is 1. The summed E-state index contributed by atoms with van der Waals surface area (Å²) >= 11 is 0. The molecule has 0 bridgehead atoms. The summed E-state index contributed by atoms with van der Waals surface area (Å²) in [5.41, 5.74) is 3.43. The number of hydrogen-bond donors (Lipinski definition) is 1. The molecule has 6 heteroatoms. The molecule has 4 rings (SSSR count). The summed E-state index contributed by atoms with van der Waals surface area (Å²) in [4.78, 5) is 28.4. The zero-order chi connectivity index (χ0) is 26.9. The fraction of sp³-hybridized carbons (Fsp3) is 0.290. The van der Waals surface area contributed by atoms with E-state index in [0.717, 1.165) is 17.5 Å². The van der Waals surface area contributed by atoms with Gasteiger partial charge in [-0.05, 0) is 65.4 Å². The number of ether oxygens (including phenoxy) is 2. The molecule has 6 nitrogen and oxygen atoms in total. The summed E-state index contributed by atoms with van der Waals surface area (Å²) in [6.07, 6.45) is 0.853. The van der Waals surface area contributed by atoms with Crippen molar-refractivity contribution in [2.24, 2.45) is 0 Å². The van der Waals surface area contributed by atoms with E-state index in [1.54, 1.807) is 44.6 Å². The van der Waals surface area contributed by atoms with E-state index in [0.29, 0.717) is 28.3 Å². The van der Waals surface area contributed by atoms with Crippen molar-refractivity contribution in [2.45, 2.75) is 45.6 Å². The summed E-state index contributed by atoms with van der Waals surface area (Å²) in [5.74, 6) is -0.387. The number of aliphatic hydroxyl groups excluding tert-OH is 1. The molecule has 1 fully saturated rings. The minimum atomic E-state index is -0.831. The number of methoxy groups -OCH3 is 2. The van der Waals surface area contributed by atoms with Crippen molar-refractivity contribution in [3.05, 3.63) is 94.6 Å². The van der Waals surface area contributed by atoms with Gasteiger partial charge in [0.15, 0.2) is 0 Å². The van der Waals surface area contributed by atoms with E-state index in [1.165, 1.54) is 4.90 Å². The molecule has 192 valence electrons. The van der Waals surface area contributed by atoms with Gasteiger partial charge < -0.3 is 14.6 Å². The van der Waals surface area contributed by atoms with Gasteiger partial charge in [0, 0.05) is 16.8 Å². The van der Waals surface area contributed by atoms with Crippen LogP contribution in [0.4, 0.5) is 5.69 Å². The maximum atomic E-state index is 13.5. The average Bonchev–Trinajstić information content (AvgIpc) is 3.17. The number of amides is 1. The van der Waals surface area contributed by atoms with Gasteiger partial charge in [-0.25, -0.2) is 0 Å². The van der Waals surface area contributed by atoms with Crippen LogP contribution in [0.25, 0.3) is 5.76 Å². The molecule has 37 heavy (non-hydrogen) atoms. The number of carbonyl (C=O) groups excluding carboxylic acids is 2. The number of carbonyl (C=O) groups is 2. The van der Waals surface area contributed by atoms with E-state index in [2.05, 4.69) is 6.92 Å². The molecule has 1 unspecified atom stereocenters. The van der Waals surface area contributed by atoms with Crippen LogP contribution in [0.3, 0.4) is 0 Å². The van der Waals surface area contributed by atoms with Crippen molar-refractivity contribution in [1.82, 2.24) is 0 Å². The van der Waals surface area contributed by atoms with Crippen LogP contribution in [0.15, 0.2) is 72.3 Å². The summed E-state index contributed by atoms with van der Waals surface area (Å²) < 4.78 is 11.0. The number of rotatable bonds is 6. The maximum Gasteiger partial charge on any atom is 0.300 e. The Balaban J connectivity index is 1.95. The molecule has 1 atom stereocenters. The van der Waals surface area contributed by atoms with E-state index in [4.69, 9.17) is 9.47 Å². The molecule has 3 aromatic carbocycles. The molecule has 1 aliphatic rings. The first-order valence-corrected chi connectivity index (χ1v) is 12.3. The Labute approximate surface area is 218 Å². The SMILES string of the molecule is CCc1ccc(N2C(=O)C(=O)/C(=C(\O)c3ccc(OC)c(C(C)(C)C)c3)C2c2cccc(OC)c2)cc1. The zero-order valence-corrected chi connectivity index (χ0v) is 22.2. The topological polar surface area (TPSA) is 76.1 Å². The third-order valence-corrected chi connectivity index (χ3v) is 6.76. The summed E-state index contributed by atoms with van der Waals surface area (Å²) in [5, 5.41) is 11.6. The molecular formula is C31H33NO5. The molecule has 1 heterocycles. The fourth-order valence-electron chi connectivity index (χ4n) is 4.71. The molecule has 0 saturated carbocycles. The van der Waals surface area contributed by atoms with Crippen molar-refractivity contribution in [3.8, 4) is 11.5 Å². The molecule has 1 amide bonds. The molecule has 0 spiro atoms. The Morgan fingerprint density at radius 2 is 1.65 bits per heavy atom. The van der Waals surface area contributed by atoms with Crippen LogP contribution >= 0.6 is 0 Å². The first-order chi connectivity index (χ1) is 17.6. The number of Topliss-reactive ketones (excluding diaryl/α,β-unsaturated/α-hetero) is 1. The normalized spacial score (nSPS) is 17.2. The highest BCUT2D eigenvalue weighted by molar-refractivity contribution is 6.51. The molecular weight excluding hydrogens is 466 g/mol. The highest BCUT2D eigenvalue weighted by Crippen LogP contribution is 2.43. The van der Waals surface area contributed by atoms with Gasteiger partial charge in [0.05, 0.1) is 25.8 Å². The standard InChI is InChI=1S/C31H33NO5/c1-7-19-11-14-22(15-12-19)32-27(20-9-8-10-23(17-20)36-5)26(29(34)30(32)35)28(33)21-13-16-25(37-6)24(18-21)31(2,3)4/h8-18,27,33H,7H2,1-6H3/b28-26-. The van der Waals surface area contributed by atoms with Crippen LogP contribution in [0.1, 0.15) is 56.0 Å². The van der Waals surface area contributed by atoms with Gasteiger partial charge in [-0.15, -0.1) is 0 Å². The van der Waals surface area contributed by atoms with Gasteiger partial charge in [-0.3, -0.25) is 14.5 Å². The van der Waals surface area contributed by atoms with Crippen LogP contribution < -0.4 is 14.4 Å². The van der Waals surface area contributed by atoms with E-state index < -0.39 is 17.7 Å². The summed E-state index contributed by atoms with van der Waals surface area (Å²) in [7, 11) is 3.16. The predicted molar refractivity (Wildman–Crippen MR) is 145 cm³/mol. The lowest BCUT2D eigenvalue weighted by Gasteiger charge is -2.26. The molecule has 0 aromatic heterocycles. The minimum absolute atomic E-state index is 0.0304. The van der Waals surface area contributed by atoms with E-state index in [1.807, 2.05) is 57.2 Å². The molecule has 1 N–H and O–H groups in total. The molecule has 1 saturated heterocycles. The van der Waals surface area contributed by atoms with Gasteiger partial charge in [-0.1, -0.05) is 52.0 Å². The number of nitrogens with zero attached hydrogens (tertiary/aromatic N) is 1. The largest absolute Gasteiger partial charge is 0.507 e. The van der Waals surface area contributed by atoms with Crippen LogP contribution in [0.5, 0.6) is 11.5 Å². The molecule has 3 aromatic rings. The zero-order valence-electron chi connectivity index (χ0n) is 22.2. The number of aryl methyl sites for hydroxylation is 1. The van der Waals surface area contributed by atoms with Gasteiger partial charge in [-0.2, -0.15) is 0 Å². The summed E-state index contributed by atoms with van der Waals surface area (Å²) in [6.45, 7) is 8.19. The predicted octanol–water partition coefficient (Wildman–Crippen LogP) is 6.19. The Hall–Kier alpha value is -4.06. The Bertz CT molecular complexity index is 1370. The Morgan fingerprint density at radius 1 is 0.946 bits per heavy atom. The quantitative estimate of drug-likeness (QED) is 0.249. The van der Waals surface area contributed by atoms with Crippen molar-refractivity contribution in [3.63, 3.8) is 0 Å². The van der Waals surface area contributed by atoms with Crippen molar-refractivity contribution < 1.29 is 24.2 Å². The van der Waals surface area contributed by atoms with E-state index in [-0.39, 0.29) is 16.7 Å². The lowest BCUT2D eigenvalue weighted by atomic mass is 9.84. The van der Waals surface area contributed by atoms with Crippen molar-refractivity contribution in [2.75, 3.05) is 19.1 Å². The van der Waals surface area contributed by atoms with Gasteiger partial charge in [0.25, 0.3) is 11.7 Å². The maximum absolute atomic E-state index is 13.5. The first kappa shape index (κ1) is 26.0. The fourth-order valence-corrected chi connectivity index (χ4v) is 4.71. The second-order valence-corrected chi connectivity index (χ2v) is 10.1.